The summed E-state index contributed by atoms with van der Waals surface area (Å²) in [4.78, 5) is 24.3. The second kappa shape index (κ2) is 8.99. The van der Waals surface area contributed by atoms with Gasteiger partial charge in [0.05, 0.1) is 6.26 Å². The van der Waals surface area contributed by atoms with Crippen LogP contribution in [0, 0.1) is 12.8 Å². The Labute approximate surface area is 184 Å². The molecule has 0 aromatic carbocycles. The van der Waals surface area contributed by atoms with E-state index in [-0.39, 0.29) is 6.03 Å². The first kappa shape index (κ1) is 20.5. The molecular formula is C24H33N5O2. The van der Waals surface area contributed by atoms with E-state index in [1.54, 1.807) is 6.26 Å². The molecule has 2 bridgehead atoms. The molecule has 4 aliphatic rings. The maximum absolute atomic E-state index is 12.4. The molecule has 2 amide bonds. The third-order valence-corrected chi connectivity index (χ3v) is 7.33. The van der Waals surface area contributed by atoms with Gasteiger partial charge in [0.15, 0.2) is 5.76 Å². The van der Waals surface area contributed by atoms with Crippen molar-refractivity contribution in [1.29, 1.82) is 0 Å². The fraction of sp³-hybridized carbons (Fsp3) is 0.625. The number of amides is 2. The molecule has 5 heterocycles. The molecule has 1 saturated carbocycles. The largest absolute Gasteiger partial charge is 0.463 e. The fourth-order valence-electron chi connectivity index (χ4n) is 5.71. The highest BCUT2D eigenvalue weighted by molar-refractivity contribution is 5.74. The van der Waals surface area contributed by atoms with Gasteiger partial charge < -0.3 is 15.1 Å². The van der Waals surface area contributed by atoms with Crippen molar-refractivity contribution in [2.75, 3.05) is 19.6 Å². The Morgan fingerprint density at radius 1 is 1.23 bits per heavy atom. The lowest BCUT2D eigenvalue weighted by atomic mass is 9.74. The molecule has 0 spiro atoms. The molecule has 6 rings (SSSR count). The number of fused-ring (bicyclic) bond motifs is 3. The van der Waals surface area contributed by atoms with Gasteiger partial charge >= 0.3 is 6.03 Å². The molecule has 2 N–H and O–H groups in total. The maximum atomic E-state index is 12.4. The second-order valence-corrected chi connectivity index (χ2v) is 9.43. The third kappa shape index (κ3) is 4.61. The Balaban J connectivity index is 1.20. The summed E-state index contributed by atoms with van der Waals surface area (Å²) in [5.74, 6) is 2.59. The van der Waals surface area contributed by atoms with Crippen LogP contribution in [0.1, 0.15) is 62.4 Å². The van der Waals surface area contributed by atoms with Gasteiger partial charge in [-0.25, -0.2) is 14.8 Å². The number of aryl methyl sites for hydroxylation is 1. The van der Waals surface area contributed by atoms with Crippen LogP contribution < -0.4 is 10.6 Å². The molecule has 166 valence electrons. The fourth-order valence-corrected chi connectivity index (χ4v) is 5.71. The number of hydrogen-bond acceptors (Lipinski definition) is 5. The Morgan fingerprint density at radius 2 is 2.10 bits per heavy atom. The van der Waals surface area contributed by atoms with Crippen molar-refractivity contribution in [3.63, 3.8) is 0 Å². The number of furan rings is 1. The number of piperidine rings is 3. The van der Waals surface area contributed by atoms with Crippen LogP contribution in [0.25, 0.3) is 11.5 Å². The first-order valence-electron chi connectivity index (χ1n) is 11.8. The zero-order valence-corrected chi connectivity index (χ0v) is 18.3. The smallest absolute Gasteiger partial charge is 0.315 e. The van der Waals surface area contributed by atoms with Crippen molar-refractivity contribution in [3.05, 3.63) is 36.0 Å². The van der Waals surface area contributed by atoms with Crippen molar-refractivity contribution in [1.82, 2.24) is 25.5 Å². The van der Waals surface area contributed by atoms with E-state index in [2.05, 4.69) is 26.6 Å². The Morgan fingerprint density at radius 3 is 2.84 bits per heavy atom. The summed E-state index contributed by atoms with van der Waals surface area (Å²) in [6.45, 7) is 4.78. The molecular weight excluding hydrogens is 390 g/mol. The summed E-state index contributed by atoms with van der Waals surface area (Å²) in [6.07, 6.45) is 9.97. The Bertz CT molecular complexity index is 893. The number of carbonyl (C=O) groups excluding carboxylic acids is 1. The van der Waals surface area contributed by atoms with Gasteiger partial charge in [0, 0.05) is 36.8 Å². The number of carbonyl (C=O) groups is 1. The number of rotatable bonds is 5. The van der Waals surface area contributed by atoms with E-state index in [9.17, 15) is 4.79 Å². The predicted octanol–water partition coefficient (Wildman–Crippen LogP) is 3.85. The SMILES string of the molecule is Cc1nc(-c2ccco2)cc([C@@H]2CN3CC[C@H]2C[C@@H]3CNC(=O)NC2CCCCC2)n1. The summed E-state index contributed by atoms with van der Waals surface area (Å²) in [5.41, 5.74) is 1.98. The van der Waals surface area contributed by atoms with Gasteiger partial charge in [-0.15, -0.1) is 0 Å². The molecule has 4 fully saturated rings. The highest BCUT2D eigenvalue weighted by atomic mass is 16.3. The topological polar surface area (TPSA) is 83.3 Å². The number of nitrogens with zero attached hydrogens (tertiary/aromatic N) is 3. The van der Waals surface area contributed by atoms with Gasteiger partial charge in [-0.2, -0.15) is 0 Å². The third-order valence-electron chi connectivity index (χ3n) is 7.33. The predicted molar refractivity (Wildman–Crippen MR) is 119 cm³/mol. The summed E-state index contributed by atoms with van der Waals surface area (Å²) >= 11 is 0. The molecule has 2 aromatic heterocycles. The van der Waals surface area contributed by atoms with Crippen LogP contribution in [0.2, 0.25) is 0 Å². The highest BCUT2D eigenvalue weighted by Crippen LogP contribution is 2.41. The maximum Gasteiger partial charge on any atom is 0.315 e. The molecule has 31 heavy (non-hydrogen) atoms. The lowest BCUT2D eigenvalue weighted by Gasteiger charge is -2.49. The lowest BCUT2D eigenvalue weighted by molar-refractivity contribution is 0.0304. The summed E-state index contributed by atoms with van der Waals surface area (Å²) in [6, 6.07) is 6.71. The monoisotopic (exact) mass is 423 g/mol. The van der Waals surface area contributed by atoms with Gasteiger partial charge in [0.25, 0.3) is 0 Å². The van der Waals surface area contributed by atoms with E-state index in [0.717, 1.165) is 61.9 Å². The van der Waals surface area contributed by atoms with Gasteiger partial charge in [-0.05, 0) is 63.3 Å². The summed E-state index contributed by atoms with van der Waals surface area (Å²) in [5, 5.41) is 6.31. The van der Waals surface area contributed by atoms with Gasteiger partial charge in [0.2, 0.25) is 0 Å². The van der Waals surface area contributed by atoms with Crippen LogP contribution in [-0.2, 0) is 0 Å². The average Bonchev–Trinajstić information content (AvgIpc) is 3.33. The van der Waals surface area contributed by atoms with Crippen molar-refractivity contribution < 1.29 is 9.21 Å². The number of nitrogens with one attached hydrogen (secondary N) is 2. The molecule has 7 nitrogen and oxygen atoms in total. The van der Waals surface area contributed by atoms with Crippen LogP contribution in [0.15, 0.2) is 28.9 Å². The van der Waals surface area contributed by atoms with E-state index in [1.807, 2.05) is 19.1 Å². The second-order valence-electron chi connectivity index (χ2n) is 9.43. The lowest BCUT2D eigenvalue weighted by Crippen LogP contribution is -2.57. The zero-order valence-electron chi connectivity index (χ0n) is 18.3. The van der Waals surface area contributed by atoms with E-state index in [4.69, 9.17) is 9.40 Å². The van der Waals surface area contributed by atoms with E-state index >= 15 is 0 Å². The first-order chi connectivity index (χ1) is 15.2. The molecule has 3 aliphatic heterocycles. The summed E-state index contributed by atoms with van der Waals surface area (Å²) in [7, 11) is 0. The van der Waals surface area contributed by atoms with E-state index < -0.39 is 0 Å². The molecule has 7 heteroatoms. The van der Waals surface area contributed by atoms with Crippen LogP contribution in [0.4, 0.5) is 4.79 Å². The molecule has 3 saturated heterocycles. The molecule has 1 unspecified atom stereocenters. The Hall–Kier alpha value is -2.41. The number of urea groups is 1. The quantitative estimate of drug-likeness (QED) is 0.763. The molecule has 1 aliphatic carbocycles. The minimum Gasteiger partial charge on any atom is -0.463 e. The van der Waals surface area contributed by atoms with Crippen molar-refractivity contribution in [2.45, 2.75) is 69.9 Å². The van der Waals surface area contributed by atoms with Crippen LogP contribution in [0.5, 0.6) is 0 Å². The van der Waals surface area contributed by atoms with Crippen molar-refractivity contribution >= 4 is 6.03 Å². The van der Waals surface area contributed by atoms with Gasteiger partial charge in [0.1, 0.15) is 11.5 Å². The van der Waals surface area contributed by atoms with Crippen molar-refractivity contribution in [3.8, 4) is 11.5 Å². The van der Waals surface area contributed by atoms with Gasteiger partial charge in [-0.1, -0.05) is 19.3 Å². The summed E-state index contributed by atoms with van der Waals surface area (Å²) < 4.78 is 5.56. The molecule has 0 radical (unpaired) electrons. The van der Waals surface area contributed by atoms with Crippen LogP contribution in [0.3, 0.4) is 0 Å². The zero-order chi connectivity index (χ0) is 21.2. The number of aromatic nitrogens is 2. The van der Waals surface area contributed by atoms with Crippen LogP contribution in [-0.4, -0.2) is 52.6 Å². The normalized spacial score (nSPS) is 28.4. The first-order valence-corrected chi connectivity index (χ1v) is 11.8. The molecule has 4 atom stereocenters. The van der Waals surface area contributed by atoms with E-state index in [0.29, 0.717) is 23.9 Å². The minimum atomic E-state index is 0.000566. The van der Waals surface area contributed by atoms with Crippen LogP contribution >= 0.6 is 0 Å². The Kier molecular flexibility index (Phi) is 5.94. The number of hydrogen-bond donors (Lipinski definition) is 2. The van der Waals surface area contributed by atoms with Crippen molar-refractivity contribution in [2.24, 2.45) is 5.92 Å². The van der Waals surface area contributed by atoms with E-state index in [1.165, 1.54) is 25.7 Å². The average molecular weight is 424 g/mol. The van der Waals surface area contributed by atoms with Gasteiger partial charge in [-0.3, -0.25) is 4.90 Å². The highest BCUT2D eigenvalue weighted by Gasteiger charge is 2.41. The minimum absolute atomic E-state index is 0.000566. The molecule has 2 aromatic rings. The standard InChI is InChI=1S/C24H33N5O2/c1-16-26-21(13-22(27-16)23-8-5-11-31-23)20-15-29-10-9-17(20)12-19(29)14-25-24(30)28-18-6-3-2-4-7-18/h5,8,11,13,17-20H,2-4,6-7,9-10,12,14-15H2,1H3,(H2,25,28,30)/t17-,19+,20+/m0/s1.